The second-order valence-electron chi connectivity index (χ2n) is 5.87. The van der Waals surface area contributed by atoms with Crippen molar-refractivity contribution in [2.45, 2.75) is 13.8 Å². The summed E-state index contributed by atoms with van der Waals surface area (Å²) in [6.07, 6.45) is 4.44. The Balaban J connectivity index is 2.01. The predicted molar refractivity (Wildman–Crippen MR) is 97.2 cm³/mol. The molecule has 0 aliphatic rings. The molecule has 7 nitrogen and oxygen atoms in total. The van der Waals surface area contributed by atoms with Gasteiger partial charge in [0.25, 0.3) is 5.91 Å². The molecule has 2 heterocycles. The van der Waals surface area contributed by atoms with Crippen molar-refractivity contribution in [1.82, 2.24) is 19.7 Å². The summed E-state index contributed by atoms with van der Waals surface area (Å²) in [6, 6.07) is 11.1. The van der Waals surface area contributed by atoms with Gasteiger partial charge in [-0.25, -0.2) is 14.6 Å². The minimum absolute atomic E-state index is 0.198. The molecule has 0 bridgehead atoms. The Hall–Kier alpha value is -3.79. The van der Waals surface area contributed by atoms with Crippen molar-refractivity contribution in [3.8, 4) is 17.5 Å². The first kappa shape index (κ1) is 17.0. The molecule has 2 N–H and O–H groups in total. The van der Waals surface area contributed by atoms with Gasteiger partial charge in [0.15, 0.2) is 5.82 Å². The lowest BCUT2D eigenvalue weighted by Gasteiger charge is -2.04. The molecule has 0 aliphatic heterocycles. The Labute approximate surface area is 150 Å². The second kappa shape index (κ2) is 6.99. The summed E-state index contributed by atoms with van der Waals surface area (Å²) in [7, 11) is 0. The van der Waals surface area contributed by atoms with Crippen LogP contribution in [0.3, 0.4) is 0 Å². The van der Waals surface area contributed by atoms with Crippen LogP contribution in [0.15, 0.2) is 42.9 Å². The molecule has 26 heavy (non-hydrogen) atoms. The zero-order chi connectivity index (χ0) is 18.7. The van der Waals surface area contributed by atoms with E-state index in [4.69, 9.17) is 11.0 Å². The van der Waals surface area contributed by atoms with Crippen LogP contribution in [-0.4, -0.2) is 25.7 Å². The molecule has 0 spiro atoms. The van der Waals surface area contributed by atoms with E-state index in [1.54, 1.807) is 6.07 Å². The zero-order valence-corrected chi connectivity index (χ0v) is 14.3. The zero-order valence-electron chi connectivity index (χ0n) is 14.3. The van der Waals surface area contributed by atoms with Crippen LogP contribution >= 0.6 is 0 Å². The van der Waals surface area contributed by atoms with Gasteiger partial charge in [-0.1, -0.05) is 17.2 Å². The van der Waals surface area contributed by atoms with Gasteiger partial charge in [0, 0.05) is 18.0 Å². The number of hydrogen-bond donors (Lipinski definition) is 1. The quantitative estimate of drug-likeness (QED) is 0.730. The van der Waals surface area contributed by atoms with E-state index in [0.29, 0.717) is 11.4 Å². The first-order chi connectivity index (χ1) is 12.5. The van der Waals surface area contributed by atoms with Gasteiger partial charge < -0.3 is 5.73 Å². The molecule has 1 aromatic carbocycles. The molecule has 0 atom stereocenters. The van der Waals surface area contributed by atoms with Crippen LogP contribution in [0.1, 0.15) is 22.4 Å². The highest BCUT2D eigenvalue weighted by atomic mass is 16.1. The number of carbonyl (C=O) groups excluding carboxylic acids is 1. The topological polar surface area (TPSA) is 110 Å². The average molecular weight is 344 g/mol. The Morgan fingerprint density at radius 3 is 2.58 bits per heavy atom. The van der Waals surface area contributed by atoms with Crippen molar-refractivity contribution >= 4 is 17.7 Å². The number of carbonyl (C=O) groups is 1. The first-order valence-corrected chi connectivity index (χ1v) is 7.84. The number of hydrogen-bond acceptors (Lipinski definition) is 5. The predicted octanol–water partition coefficient (Wildman–Crippen LogP) is 2.31. The Morgan fingerprint density at radius 2 is 1.92 bits per heavy atom. The van der Waals surface area contributed by atoms with Crippen LogP contribution in [-0.2, 0) is 4.79 Å². The van der Waals surface area contributed by atoms with Gasteiger partial charge in [-0.05, 0) is 43.7 Å². The number of benzene rings is 1. The second-order valence-corrected chi connectivity index (χ2v) is 5.87. The third kappa shape index (κ3) is 3.65. The summed E-state index contributed by atoms with van der Waals surface area (Å²) in [4.78, 5) is 20.0. The fourth-order valence-electron chi connectivity index (χ4n) is 2.65. The standard InChI is InChI=1S/C19H16N6O/c1-12-5-13(2)7-15(6-12)19-23-11-25(24-19)10-17(18(21)26)14-3-4-22-16(8-14)9-20/h3-8,10-11H,1-2H3,(H2,21,26)/b17-10+. The van der Waals surface area contributed by atoms with Crippen LogP contribution in [0.2, 0.25) is 0 Å². The smallest absolute Gasteiger partial charge is 0.250 e. The van der Waals surface area contributed by atoms with E-state index in [9.17, 15) is 4.79 Å². The number of rotatable bonds is 4. The molecule has 3 aromatic rings. The third-order valence-corrected chi connectivity index (χ3v) is 3.70. The van der Waals surface area contributed by atoms with Gasteiger partial charge in [-0.2, -0.15) is 5.26 Å². The third-order valence-electron chi connectivity index (χ3n) is 3.70. The lowest BCUT2D eigenvalue weighted by Crippen LogP contribution is -2.14. The molecule has 0 saturated heterocycles. The van der Waals surface area contributed by atoms with Crippen molar-refractivity contribution in [2.24, 2.45) is 5.73 Å². The summed E-state index contributed by atoms with van der Waals surface area (Å²) in [6.45, 7) is 4.02. The van der Waals surface area contributed by atoms with Crippen LogP contribution in [0.5, 0.6) is 0 Å². The molecule has 0 aliphatic carbocycles. The summed E-state index contributed by atoms with van der Waals surface area (Å²) < 4.78 is 1.43. The van der Waals surface area contributed by atoms with Gasteiger partial charge >= 0.3 is 0 Å². The molecule has 2 aromatic heterocycles. The van der Waals surface area contributed by atoms with E-state index in [0.717, 1.165) is 16.7 Å². The minimum atomic E-state index is -0.636. The van der Waals surface area contributed by atoms with E-state index in [1.807, 2.05) is 32.0 Å². The fraction of sp³-hybridized carbons (Fsp3) is 0.105. The Bertz CT molecular complexity index is 1040. The number of nitriles is 1. The minimum Gasteiger partial charge on any atom is -0.366 e. The molecule has 0 fully saturated rings. The maximum atomic E-state index is 11.9. The normalized spacial score (nSPS) is 11.2. The van der Waals surface area contributed by atoms with Crippen molar-refractivity contribution < 1.29 is 4.79 Å². The Kier molecular flexibility index (Phi) is 4.58. The highest BCUT2D eigenvalue weighted by Crippen LogP contribution is 2.20. The molecule has 7 heteroatoms. The molecule has 1 amide bonds. The van der Waals surface area contributed by atoms with E-state index in [2.05, 4.69) is 21.1 Å². The molecule has 3 rings (SSSR count). The van der Waals surface area contributed by atoms with Gasteiger partial charge in [-0.15, -0.1) is 5.10 Å². The lowest BCUT2D eigenvalue weighted by molar-refractivity contribution is -0.112. The SMILES string of the molecule is Cc1cc(C)cc(-c2ncn(/C=C(/C(N)=O)c3ccnc(C#N)c3)n2)c1. The molecule has 0 unspecified atom stereocenters. The molecule has 0 radical (unpaired) electrons. The first-order valence-electron chi connectivity index (χ1n) is 7.84. The van der Waals surface area contributed by atoms with Crippen molar-refractivity contribution in [2.75, 3.05) is 0 Å². The molecular formula is C19H16N6O. The number of primary amides is 1. The highest BCUT2D eigenvalue weighted by Gasteiger charge is 2.11. The van der Waals surface area contributed by atoms with Gasteiger partial charge in [0.1, 0.15) is 18.1 Å². The number of nitrogens with two attached hydrogens (primary N) is 1. The van der Waals surface area contributed by atoms with E-state index >= 15 is 0 Å². The lowest BCUT2D eigenvalue weighted by atomic mass is 10.1. The molecule has 128 valence electrons. The van der Waals surface area contributed by atoms with Crippen molar-refractivity contribution in [1.29, 1.82) is 5.26 Å². The van der Waals surface area contributed by atoms with E-state index in [1.165, 1.54) is 29.5 Å². The van der Waals surface area contributed by atoms with Crippen molar-refractivity contribution in [3.63, 3.8) is 0 Å². The van der Waals surface area contributed by atoms with E-state index in [-0.39, 0.29) is 11.3 Å². The highest BCUT2D eigenvalue weighted by molar-refractivity contribution is 6.22. The summed E-state index contributed by atoms with van der Waals surface area (Å²) in [5.74, 6) is -0.0900. The monoisotopic (exact) mass is 344 g/mol. The van der Waals surface area contributed by atoms with Gasteiger partial charge in [-0.3, -0.25) is 4.79 Å². The van der Waals surface area contributed by atoms with Crippen LogP contribution in [0.25, 0.3) is 23.2 Å². The van der Waals surface area contributed by atoms with Crippen LogP contribution in [0.4, 0.5) is 0 Å². The maximum absolute atomic E-state index is 11.9. The number of aryl methyl sites for hydroxylation is 2. The van der Waals surface area contributed by atoms with Gasteiger partial charge in [0.2, 0.25) is 0 Å². The van der Waals surface area contributed by atoms with Crippen LogP contribution in [0, 0.1) is 25.2 Å². The number of aromatic nitrogens is 4. The summed E-state index contributed by atoms with van der Waals surface area (Å²) in [5.41, 5.74) is 9.52. The van der Waals surface area contributed by atoms with Crippen LogP contribution < -0.4 is 5.73 Å². The van der Waals surface area contributed by atoms with Gasteiger partial charge in [0.05, 0.1) is 5.57 Å². The number of amides is 1. The largest absolute Gasteiger partial charge is 0.366 e. The maximum Gasteiger partial charge on any atom is 0.250 e. The fourth-order valence-corrected chi connectivity index (χ4v) is 2.65. The van der Waals surface area contributed by atoms with Crippen molar-refractivity contribution in [3.05, 3.63) is 65.2 Å². The summed E-state index contributed by atoms with van der Waals surface area (Å²) in [5, 5.41) is 13.4. The number of pyridine rings is 1. The average Bonchev–Trinajstić information content (AvgIpc) is 3.07. The molecule has 0 saturated carbocycles. The summed E-state index contributed by atoms with van der Waals surface area (Å²) >= 11 is 0. The van der Waals surface area contributed by atoms with E-state index < -0.39 is 5.91 Å². The Morgan fingerprint density at radius 1 is 1.19 bits per heavy atom. The molecular weight excluding hydrogens is 328 g/mol. The number of nitrogens with zero attached hydrogens (tertiary/aromatic N) is 5.